The fraction of sp³-hybridized carbons (Fsp3) is 0.600. The number of benzene rings is 1. The van der Waals surface area contributed by atoms with E-state index in [4.69, 9.17) is 23.2 Å². The van der Waals surface area contributed by atoms with E-state index in [1.54, 1.807) is 0 Å². The van der Waals surface area contributed by atoms with Gasteiger partial charge in [0, 0.05) is 16.1 Å². The number of rotatable bonds is 4. The molecular formula is C15H21Cl2N. The van der Waals surface area contributed by atoms with Crippen LogP contribution in [0, 0.1) is 5.92 Å². The van der Waals surface area contributed by atoms with Gasteiger partial charge in [-0.2, -0.15) is 0 Å². The lowest BCUT2D eigenvalue weighted by atomic mass is 9.81. The molecule has 1 N–H and O–H groups in total. The van der Waals surface area contributed by atoms with Crippen molar-refractivity contribution in [2.24, 2.45) is 5.92 Å². The molecule has 1 nitrogen and oxygen atoms in total. The Morgan fingerprint density at radius 2 is 1.94 bits per heavy atom. The van der Waals surface area contributed by atoms with Gasteiger partial charge in [-0.3, -0.25) is 0 Å². The third-order valence-corrected chi connectivity index (χ3v) is 4.41. The highest BCUT2D eigenvalue weighted by molar-refractivity contribution is 6.35. The van der Waals surface area contributed by atoms with Crippen molar-refractivity contribution in [1.29, 1.82) is 0 Å². The number of hydrogen-bond acceptors (Lipinski definition) is 1. The molecule has 1 aromatic rings. The molecule has 1 aliphatic carbocycles. The zero-order valence-electron chi connectivity index (χ0n) is 10.9. The molecule has 0 spiro atoms. The van der Waals surface area contributed by atoms with Crippen LogP contribution >= 0.6 is 23.2 Å². The van der Waals surface area contributed by atoms with Gasteiger partial charge >= 0.3 is 0 Å². The van der Waals surface area contributed by atoms with Gasteiger partial charge in [0.1, 0.15) is 0 Å². The quantitative estimate of drug-likeness (QED) is 0.799. The third-order valence-electron chi connectivity index (χ3n) is 3.84. The summed E-state index contributed by atoms with van der Waals surface area (Å²) in [6.45, 7) is 3.12. The van der Waals surface area contributed by atoms with Crippen LogP contribution in [0.2, 0.25) is 10.0 Å². The molecule has 0 amide bonds. The van der Waals surface area contributed by atoms with Gasteiger partial charge in [-0.1, -0.05) is 55.5 Å². The molecule has 0 bridgehead atoms. The average Bonchev–Trinajstić information content (AvgIpc) is 2.38. The zero-order valence-corrected chi connectivity index (χ0v) is 12.4. The molecule has 2 rings (SSSR count). The van der Waals surface area contributed by atoms with Crippen LogP contribution < -0.4 is 5.32 Å². The minimum absolute atomic E-state index is 0.375. The normalized spacial score (nSPS) is 18.8. The van der Waals surface area contributed by atoms with E-state index in [0.29, 0.717) is 17.0 Å². The van der Waals surface area contributed by atoms with Gasteiger partial charge in [0.15, 0.2) is 0 Å². The second-order valence-electron chi connectivity index (χ2n) is 5.10. The second kappa shape index (κ2) is 6.79. The highest BCUT2D eigenvalue weighted by atomic mass is 35.5. The van der Waals surface area contributed by atoms with Gasteiger partial charge in [0.25, 0.3) is 0 Å². The van der Waals surface area contributed by atoms with Crippen molar-refractivity contribution in [2.45, 2.75) is 45.1 Å². The van der Waals surface area contributed by atoms with Crippen molar-refractivity contribution in [1.82, 2.24) is 5.32 Å². The Hall–Kier alpha value is -0.240. The van der Waals surface area contributed by atoms with E-state index in [-0.39, 0.29) is 0 Å². The first kappa shape index (κ1) is 14.2. The van der Waals surface area contributed by atoms with E-state index in [2.05, 4.69) is 18.3 Å². The predicted octanol–water partition coefficient (Wildman–Crippen LogP) is 5.22. The van der Waals surface area contributed by atoms with Crippen molar-refractivity contribution in [2.75, 3.05) is 6.54 Å². The van der Waals surface area contributed by atoms with E-state index in [0.717, 1.165) is 11.6 Å². The molecule has 100 valence electrons. The molecular weight excluding hydrogens is 265 g/mol. The van der Waals surface area contributed by atoms with E-state index >= 15 is 0 Å². The summed E-state index contributed by atoms with van der Waals surface area (Å²) >= 11 is 12.3. The molecule has 0 aromatic heterocycles. The predicted molar refractivity (Wildman–Crippen MR) is 79.5 cm³/mol. The van der Waals surface area contributed by atoms with E-state index in [9.17, 15) is 0 Å². The van der Waals surface area contributed by atoms with Crippen LogP contribution in [0.25, 0.3) is 0 Å². The van der Waals surface area contributed by atoms with Gasteiger partial charge in [0.05, 0.1) is 0 Å². The van der Waals surface area contributed by atoms with Gasteiger partial charge in [-0.25, -0.2) is 0 Å². The maximum atomic E-state index is 6.35. The van der Waals surface area contributed by atoms with Crippen LogP contribution in [-0.2, 0) is 0 Å². The summed E-state index contributed by atoms with van der Waals surface area (Å²) in [5, 5.41) is 5.10. The first-order valence-corrected chi connectivity index (χ1v) is 7.66. The average molecular weight is 286 g/mol. The lowest BCUT2D eigenvalue weighted by Crippen LogP contribution is -2.29. The lowest BCUT2D eigenvalue weighted by Gasteiger charge is -2.31. The molecule has 1 aliphatic rings. The molecule has 3 heteroatoms. The van der Waals surface area contributed by atoms with Crippen LogP contribution in [0.15, 0.2) is 18.2 Å². The van der Waals surface area contributed by atoms with Gasteiger partial charge in [-0.05, 0) is 43.0 Å². The molecule has 1 aromatic carbocycles. The summed E-state index contributed by atoms with van der Waals surface area (Å²) in [4.78, 5) is 0. The Kier molecular flexibility index (Phi) is 5.35. The summed E-state index contributed by atoms with van der Waals surface area (Å²) in [7, 11) is 0. The Morgan fingerprint density at radius 3 is 2.56 bits per heavy atom. The number of hydrogen-bond donors (Lipinski definition) is 1. The van der Waals surface area contributed by atoms with Crippen molar-refractivity contribution in [3.63, 3.8) is 0 Å². The summed E-state index contributed by atoms with van der Waals surface area (Å²) in [5.41, 5.74) is 1.20. The summed E-state index contributed by atoms with van der Waals surface area (Å²) < 4.78 is 0. The van der Waals surface area contributed by atoms with Crippen LogP contribution in [-0.4, -0.2) is 6.54 Å². The monoisotopic (exact) mass is 285 g/mol. The highest BCUT2D eigenvalue weighted by Gasteiger charge is 2.25. The minimum atomic E-state index is 0.375. The van der Waals surface area contributed by atoms with E-state index in [1.165, 1.54) is 37.7 Å². The summed E-state index contributed by atoms with van der Waals surface area (Å²) in [6.07, 6.45) is 6.67. The zero-order chi connectivity index (χ0) is 13.0. The summed E-state index contributed by atoms with van der Waals surface area (Å²) in [6, 6.07) is 6.24. The summed E-state index contributed by atoms with van der Waals surface area (Å²) in [5.74, 6) is 0.706. The Morgan fingerprint density at radius 1 is 1.22 bits per heavy atom. The molecule has 0 aliphatic heterocycles. The van der Waals surface area contributed by atoms with Crippen LogP contribution in [0.4, 0.5) is 0 Å². The molecule has 1 saturated carbocycles. The highest BCUT2D eigenvalue weighted by Crippen LogP contribution is 2.37. The smallest absolute Gasteiger partial charge is 0.0468 e. The molecule has 0 radical (unpaired) electrons. The van der Waals surface area contributed by atoms with E-state index in [1.807, 2.05) is 12.1 Å². The van der Waals surface area contributed by atoms with Crippen molar-refractivity contribution in [3.8, 4) is 0 Å². The first-order chi connectivity index (χ1) is 8.72. The lowest BCUT2D eigenvalue weighted by molar-refractivity contribution is 0.274. The molecule has 18 heavy (non-hydrogen) atoms. The van der Waals surface area contributed by atoms with E-state index < -0.39 is 0 Å². The maximum absolute atomic E-state index is 6.35. The van der Waals surface area contributed by atoms with Crippen molar-refractivity contribution >= 4 is 23.2 Å². The van der Waals surface area contributed by atoms with Crippen molar-refractivity contribution in [3.05, 3.63) is 33.8 Å². The van der Waals surface area contributed by atoms with Crippen LogP contribution in [0.3, 0.4) is 0 Å². The fourth-order valence-electron chi connectivity index (χ4n) is 2.97. The Labute approximate surface area is 120 Å². The molecule has 0 saturated heterocycles. The van der Waals surface area contributed by atoms with Gasteiger partial charge in [-0.15, -0.1) is 0 Å². The van der Waals surface area contributed by atoms with Gasteiger partial charge < -0.3 is 5.32 Å². The molecule has 1 atom stereocenters. The molecule has 1 unspecified atom stereocenters. The second-order valence-corrected chi connectivity index (χ2v) is 5.94. The Bertz CT molecular complexity index is 386. The molecule has 1 fully saturated rings. The van der Waals surface area contributed by atoms with Gasteiger partial charge in [0.2, 0.25) is 0 Å². The fourth-order valence-corrected chi connectivity index (χ4v) is 3.50. The first-order valence-electron chi connectivity index (χ1n) is 6.90. The topological polar surface area (TPSA) is 12.0 Å². The SMILES string of the molecule is CCNC(c1ccc(Cl)cc1Cl)C1CCCCC1. The van der Waals surface area contributed by atoms with Crippen molar-refractivity contribution < 1.29 is 0 Å². The maximum Gasteiger partial charge on any atom is 0.0468 e. The minimum Gasteiger partial charge on any atom is -0.310 e. The van der Waals surface area contributed by atoms with Crippen LogP contribution in [0.5, 0.6) is 0 Å². The van der Waals surface area contributed by atoms with Crippen LogP contribution in [0.1, 0.15) is 50.6 Å². The molecule has 0 heterocycles. The number of halogens is 2. The third kappa shape index (κ3) is 3.40. The Balaban J connectivity index is 2.22. The number of nitrogens with one attached hydrogen (secondary N) is 1. The standard InChI is InChI=1S/C15H21Cl2N/c1-2-18-15(11-6-4-3-5-7-11)13-9-8-12(16)10-14(13)17/h8-11,15,18H,2-7H2,1H3. The largest absolute Gasteiger partial charge is 0.310 e.